The zero-order valence-electron chi connectivity index (χ0n) is 21.1. The summed E-state index contributed by atoms with van der Waals surface area (Å²) in [6.07, 6.45) is 0.434. The van der Waals surface area contributed by atoms with Gasteiger partial charge in [0.15, 0.2) is 0 Å². The Bertz CT molecular complexity index is 1600. The highest BCUT2D eigenvalue weighted by molar-refractivity contribution is 8.10. The van der Waals surface area contributed by atoms with Gasteiger partial charge in [-0.1, -0.05) is 6.07 Å². The van der Waals surface area contributed by atoms with Gasteiger partial charge in [-0.05, 0) is 44.2 Å². The number of carbonyl (C=O) groups excluding carboxylic acids is 1. The molecule has 0 bridgehead atoms. The molecule has 3 aromatic rings. The number of sulfonamides is 2. The van der Waals surface area contributed by atoms with E-state index in [1.807, 2.05) is 0 Å². The van der Waals surface area contributed by atoms with Gasteiger partial charge in [0, 0.05) is 36.5 Å². The Kier molecular flexibility index (Phi) is 8.37. The SMILES string of the molecule is CCS(=O)(=O)N(c1ccc(Oc2cccc(OC(N)=O)c2)c(-c2cn(C)c(=O)cc2OC)c1)S(=O)(=O)CC. The molecular weight excluding hydrogens is 538 g/mol. The number of pyridine rings is 1. The number of anilines is 1. The highest BCUT2D eigenvalue weighted by atomic mass is 32.3. The zero-order valence-corrected chi connectivity index (χ0v) is 22.7. The summed E-state index contributed by atoms with van der Waals surface area (Å²) in [5, 5.41) is 0. The van der Waals surface area contributed by atoms with Crippen LogP contribution in [-0.4, -0.2) is 46.1 Å². The van der Waals surface area contributed by atoms with Crippen molar-refractivity contribution in [2.75, 3.05) is 22.3 Å². The van der Waals surface area contributed by atoms with Crippen molar-refractivity contribution in [1.29, 1.82) is 0 Å². The van der Waals surface area contributed by atoms with Crippen LogP contribution in [0.3, 0.4) is 0 Å². The van der Waals surface area contributed by atoms with Crippen LogP contribution in [0.25, 0.3) is 11.1 Å². The van der Waals surface area contributed by atoms with E-state index in [1.54, 1.807) is 12.1 Å². The third-order valence-corrected chi connectivity index (χ3v) is 9.62. The fourth-order valence-corrected chi connectivity index (χ4v) is 6.84. The van der Waals surface area contributed by atoms with Crippen molar-refractivity contribution in [3.05, 3.63) is 65.1 Å². The average molecular weight is 566 g/mol. The lowest BCUT2D eigenvalue weighted by atomic mass is 10.0. The van der Waals surface area contributed by atoms with Crippen LogP contribution < -0.4 is 29.2 Å². The third kappa shape index (κ3) is 6.08. The quantitative estimate of drug-likeness (QED) is 0.389. The molecule has 14 heteroatoms. The topological polar surface area (TPSA) is 164 Å². The van der Waals surface area contributed by atoms with Crippen LogP contribution in [0.2, 0.25) is 0 Å². The van der Waals surface area contributed by atoms with Crippen molar-refractivity contribution in [3.8, 4) is 34.1 Å². The summed E-state index contributed by atoms with van der Waals surface area (Å²) in [5.74, 6) is -0.290. The fourth-order valence-electron chi connectivity index (χ4n) is 3.49. The molecule has 0 spiro atoms. The Balaban J connectivity index is 2.30. The van der Waals surface area contributed by atoms with E-state index in [2.05, 4.69) is 0 Å². The molecule has 0 unspecified atom stereocenters. The minimum absolute atomic E-state index is 0.113. The van der Waals surface area contributed by atoms with Crippen molar-refractivity contribution in [3.63, 3.8) is 0 Å². The van der Waals surface area contributed by atoms with Gasteiger partial charge in [0.05, 0.1) is 24.3 Å². The number of nitrogens with two attached hydrogens (primary N) is 1. The molecule has 0 fully saturated rings. The molecule has 1 aromatic heterocycles. The van der Waals surface area contributed by atoms with Crippen LogP contribution >= 0.6 is 0 Å². The summed E-state index contributed by atoms with van der Waals surface area (Å²) in [6.45, 7) is 2.67. The summed E-state index contributed by atoms with van der Waals surface area (Å²) in [6, 6.07) is 11.2. The molecule has 2 N–H and O–H groups in total. The molecule has 0 aliphatic carbocycles. The second-order valence-electron chi connectivity index (χ2n) is 7.88. The van der Waals surface area contributed by atoms with Crippen molar-refractivity contribution in [2.45, 2.75) is 13.8 Å². The lowest BCUT2D eigenvalue weighted by Gasteiger charge is -2.24. The molecule has 3 rings (SSSR count). The molecule has 38 heavy (non-hydrogen) atoms. The number of benzene rings is 2. The standard InChI is InChI=1S/C24H27N3O9S2/c1-5-37(30,31)27(38(32,33)6-2)16-10-11-21(35-17-8-7-9-18(13-17)36-24(25)29)19(12-16)20-15-26(3)23(28)14-22(20)34-4/h7-15H,5-6H2,1-4H3,(H2,25,29). The van der Waals surface area contributed by atoms with Crippen molar-refractivity contribution in [1.82, 2.24) is 4.57 Å². The van der Waals surface area contributed by atoms with Crippen LogP contribution in [-0.2, 0) is 27.1 Å². The summed E-state index contributed by atoms with van der Waals surface area (Å²) < 4.78 is 69.4. The monoisotopic (exact) mass is 565 g/mol. The summed E-state index contributed by atoms with van der Waals surface area (Å²) in [5.41, 5.74) is 5.09. The normalized spacial score (nSPS) is 11.6. The first-order chi connectivity index (χ1) is 17.8. The van der Waals surface area contributed by atoms with E-state index in [0.29, 0.717) is 9.27 Å². The average Bonchev–Trinajstić information content (AvgIpc) is 2.86. The van der Waals surface area contributed by atoms with Gasteiger partial charge in [0.2, 0.25) is 20.0 Å². The number of carbonyl (C=O) groups is 1. The molecule has 204 valence electrons. The van der Waals surface area contributed by atoms with E-state index in [-0.39, 0.29) is 39.8 Å². The lowest BCUT2D eigenvalue weighted by Crippen LogP contribution is -2.39. The Labute approximate surface area is 220 Å². The number of aromatic nitrogens is 1. The predicted octanol–water partition coefficient (Wildman–Crippen LogP) is 2.82. The first-order valence-corrected chi connectivity index (χ1v) is 14.4. The van der Waals surface area contributed by atoms with Gasteiger partial charge in [-0.2, -0.15) is 3.71 Å². The van der Waals surface area contributed by atoms with Crippen LogP contribution in [0.1, 0.15) is 13.8 Å². The number of nitrogens with zero attached hydrogens (tertiary/aromatic N) is 2. The Morgan fingerprint density at radius 2 is 1.55 bits per heavy atom. The minimum atomic E-state index is -4.24. The van der Waals surface area contributed by atoms with Gasteiger partial charge in [-0.15, -0.1) is 0 Å². The molecule has 0 atom stereocenters. The smallest absolute Gasteiger partial charge is 0.409 e. The van der Waals surface area contributed by atoms with Gasteiger partial charge < -0.3 is 24.5 Å². The molecule has 0 aliphatic heterocycles. The second kappa shape index (κ2) is 11.1. The number of aryl methyl sites for hydroxylation is 1. The molecule has 0 saturated heterocycles. The largest absolute Gasteiger partial charge is 0.496 e. The van der Waals surface area contributed by atoms with E-state index in [1.165, 1.54) is 75.2 Å². The highest BCUT2D eigenvalue weighted by Crippen LogP contribution is 2.41. The molecule has 1 heterocycles. The number of hydrogen-bond donors (Lipinski definition) is 1. The second-order valence-corrected chi connectivity index (χ2v) is 12.3. The van der Waals surface area contributed by atoms with Crippen LogP contribution in [0.15, 0.2) is 59.5 Å². The molecule has 1 amide bonds. The van der Waals surface area contributed by atoms with Crippen molar-refractivity contribution >= 4 is 31.8 Å². The maximum absolute atomic E-state index is 12.9. The van der Waals surface area contributed by atoms with Crippen LogP contribution in [0.5, 0.6) is 23.0 Å². The summed E-state index contributed by atoms with van der Waals surface area (Å²) in [4.78, 5) is 23.4. The van der Waals surface area contributed by atoms with Crippen LogP contribution in [0, 0.1) is 0 Å². The maximum atomic E-state index is 12.9. The number of hydrogen-bond acceptors (Lipinski definition) is 9. The molecular formula is C24H27N3O9S2. The molecule has 2 aromatic carbocycles. The first-order valence-electron chi connectivity index (χ1n) is 11.2. The van der Waals surface area contributed by atoms with E-state index >= 15 is 0 Å². The molecule has 0 radical (unpaired) electrons. The van der Waals surface area contributed by atoms with E-state index < -0.39 is 37.6 Å². The van der Waals surface area contributed by atoms with Crippen molar-refractivity contribution in [2.24, 2.45) is 12.8 Å². The Morgan fingerprint density at radius 3 is 2.13 bits per heavy atom. The number of primary amides is 1. The molecule has 0 saturated carbocycles. The predicted molar refractivity (Wildman–Crippen MR) is 142 cm³/mol. The number of methoxy groups -OCH3 is 1. The Morgan fingerprint density at radius 1 is 0.921 bits per heavy atom. The number of ether oxygens (including phenoxy) is 3. The summed E-state index contributed by atoms with van der Waals surface area (Å²) >= 11 is 0. The van der Waals surface area contributed by atoms with Gasteiger partial charge >= 0.3 is 6.09 Å². The molecule has 0 aliphatic rings. The van der Waals surface area contributed by atoms with Gasteiger partial charge in [0.1, 0.15) is 23.0 Å². The Hall–Kier alpha value is -4.04. The highest BCUT2D eigenvalue weighted by Gasteiger charge is 2.32. The fraction of sp³-hybridized carbons (Fsp3) is 0.250. The van der Waals surface area contributed by atoms with Gasteiger partial charge in [-0.3, -0.25) is 4.79 Å². The van der Waals surface area contributed by atoms with Gasteiger partial charge in [0.25, 0.3) is 5.56 Å². The lowest BCUT2D eigenvalue weighted by molar-refractivity contribution is 0.211. The third-order valence-electron chi connectivity index (χ3n) is 5.36. The maximum Gasteiger partial charge on any atom is 0.409 e. The van der Waals surface area contributed by atoms with E-state index in [4.69, 9.17) is 19.9 Å². The van der Waals surface area contributed by atoms with E-state index in [0.717, 1.165) is 0 Å². The zero-order chi connectivity index (χ0) is 28.3. The number of rotatable bonds is 10. The minimum Gasteiger partial charge on any atom is -0.496 e. The van der Waals surface area contributed by atoms with E-state index in [9.17, 15) is 26.4 Å². The van der Waals surface area contributed by atoms with Crippen LogP contribution in [0.4, 0.5) is 10.5 Å². The van der Waals surface area contributed by atoms with Gasteiger partial charge in [-0.25, -0.2) is 21.6 Å². The van der Waals surface area contributed by atoms with Crippen molar-refractivity contribution < 1.29 is 35.8 Å². The summed E-state index contributed by atoms with van der Waals surface area (Å²) in [7, 11) is -5.63. The number of amides is 1. The molecule has 12 nitrogen and oxygen atoms in total. The first kappa shape index (κ1) is 28.5.